The number of amides is 3. The van der Waals surface area contributed by atoms with Crippen molar-refractivity contribution < 1.29 is 14.3 Å². The van der Waals surface area contributed by atoms with E-state index in [9.17, 15) is 9.59 Å². The fourth-order valence-corrected chi connectivity index (χ4v) is 3.32. The van der Waals surface area contributed by atoms with Crippen molar-refractivity contribution in [2.24, 2.45) is 0 Å². The normalized spacial score (nSPS) is 12.8. The van der Waals surface area contributed by atoms with Crippen molar-refractivity contribution in [2.45, 2.75) is 6.92 Å². The van der Waals surface area contributed by atoms with E-state index < -0.39 is 0 Å². The molecule has 0 radical (unpaired) electrons. The van der Waals surface area contributed by atoms with Gasteiger partial charge in [-0.05, 0) is 61.0 Å². The Labute approximate surface area is 173 Å². The van der Waals surface area contributed by atoms with Gasteiger partial charge in [0.05, 0.1) is 11.3 Å². The average Bonchev–Trinajstić information content (AvgIpc) is 2.69. The molecule has 0 bridgehead atoms. The highest BCUT2D eigenvalue weighted by Crippen LogP contribution is 2.32. The molecule has 3 amide bonds. The number of aryl methyl sites for hydroxylation is 1. The van der Waals surface area contributed by atoms with Crippen LogP contribution in [0.5, 0.6) is 5.75 Å². The zero-order chi connectivity index (χ0) is 20.4. The van der Waals surface area contributed by atoms with Gasteiger partial charge in [0, 0.05) is 16.4 Å². The molecule has 0 fully saturated rings. The number of para-hydroxylation sites is 1. The summed E-state index contributed by atoms with van der Waals surface area (Å²) >= 11 is 5.97. The molecular weight excluding hydrogens is 390 g/mol. The average molecular weight is 408 g/mol. The Morgan fingerprint density at radius 3 is 2.52 bits per heavy atom. The van der Waals surface area contributed by atoms with Gasteiger partial charge in [-0.15, -0.1) is 0 Å². The standard InChI is InChI=1S/C22H18ClN3O3/c1-14-11-17(25-22(28)24-16-5-3-2-4-6-16)8-10-19(14)26-13-29-20-12-15(23)7-9-18(20)21(26)27/h2-12H,13H2,1H3,(H2,24,25,28). The minimum absolute atomic E-state index is 0.0916. The number of anilines is 3. The van der Waals surface area contributed by atoms with E-state index in [0.29, 0.717) is 33.4 Å². The molecule has 0 spiro atoms. The Kier molecular flexibility index (Phi) is 5.10. The van der Waals surface area contributed by atoms with Crippen molar-refractivity contribution in [1.82, 2.24) is 0 Å². The molecule has 146 valence electrons. The fraction of sp³-hybridized carbons (Fsp3) is 0.0909. The molecule has 3 aromatic rings. The Morgan fingerprint density at radius 2 is 1.76 bits per heavy atom. The number of urea groups is 1. The highest BCUT2D eigenvalue weighted by Gasteiger charge is 2.28. The van der Waals surface area contributed by atoms with Crippen LogP contribution in [-0.4, -0.2) is 18.7 Å². The van der Waals surface area contributed by atoms with Gasteiger partial charge in [0.1, 0.15) is 5.75 Å². The highest BCUT2D eigenvalue weighted by atomic mass is 35.5. The first-order valence-electron chi connectivity index (χ1n) is 8.99. The SMILES string of the molecule is Cc1cc(NC(=O)Nc2ccccc2)ccc1N1COc2cc(Cl)ccc2C1=O. The van der Waals surface area contributed by atoms with Gasteiger partial charge in [0.2, 0.25) is 0 Å². The fourth-order valence-electron chi connectivity index (χ4n) is 3.16. The summed E-state index contributed by atoms with van der Waals surface area (Å²) in [7, 11) is 0. The summed E-state index contributed by atoms with van der Waals surface area (Å²) in [5.74, 6) is 0.320. The summed E-state index contributed by atoms with van der Waals surface area (Å²) < 4.78 is 5.70. The molecule has 0 saturated heterocycles. The maximum atomic E-state index is 12.9. The van der Waals surface area contributed by atoms with Crippen LogP contribution in [-0.2, 0) is 0 Å². The zero-order valence-corrected chi connectivity index (χ0v) is 16.4. The molecule has 0 saturated carbocycles. The highest BCUT2D eigenvalue weighted by molar-refractivity contribution is 6.31. The molecule has 0 atom stereocenters. The summed E-state index contributed by atoms with van der Waals surface area (Å²) in [4.78, 5) is 26.6. The van der Waals surface area contributed by atoms with Crippen LogP contribution in [0.25, 0.3) is 0 Å². The number of fused-ring (bicyclic) bond motifs is 1. The number of nitrogens with zero attached hydrogens (tertiary/aromatic N) is 1. The van der Waals surface area contributed by atoms with Crippen molar-refractivity contribution >= 4 is 40.6 Å². The summed E-state index contributed by atoms with van der Waals surface area (Å²) in [5, 5.41) is 6.08. The molecular formula is C22H18ClN3O3. The first kappa shape index (κ1) is 18.8. The van der Waals surface area contributed by atoms with Gasteiger partial charge in [-0.1, -0.05) is 29.8 Å². The summed E-state index contributed by atoms with van der Waals surface area (Å²) in [5.41, 5.74) is 3.33. The van der Waals surface area contributed by atoms with Crippen LogP contribution >= 0.6 is 11.6 Å². The lowest BCUT2D eigenvalue weighted by atomic mass is 10.1. The van der Waals surface area contributed by atoms with Crippen LogP contribution in [0.15, 0.2) is 66.7 Å². The third kappa shape index (κ3) is 4.02. The first-order chi connectivity index (χ1) is 14.0. The van der Waals surface area contributed by atoms with E-state index in [1.165, 1.54) is 0 Å². The molecule has 0 unspecified atom stereocenters. The van der Waals surface area contributed by atoms with Crippen LogP contribution < -0.4 is 20.3 Å². The van der Waals surface area contributed by atoms with Crippen molar-refractivity contribution in [1.29, 1.82) is 0 Å². The van der Waals surface area contributed by atoms with Gasteiger partial charge in [0.15, 0.2) is 6.73 Å². The molecule has 1 aliphatic heterocycles. The van der Waals surface area contributed by atoms with Crippen LogP contribution in [0.3, 0.4) is 0 Å². The summed E-state index contributed by atoms with van der Waals surface area (Å²) in [6.45, 7) is 1.97. The summed E-state index contributed by atoms with van der Waals surface area (Å²) in [6.07, 6.45) is 0. The van der Waals surface area contributed by atoms with Gasteiger partial charge in [0.25, 0.3) is 5.91 Å². The number of carbonyl (C=O) groups excluding carboxylic acids is 2. The molecule has 0 aromatic heterocycles. The number of benzene rings is 3. The van der Waals surface area contributed by atoms with Crippen molar-refractivity contribution in [2.75, 3.05) is 22.3 Å². The van der Waals surface area contributed by atoms with Crippen molar-refractivity contribution in [3.63, 3.8) is 0 Å². The molecule has 4 rings (SSSR count). The third-order valence-corrected chi connectivity index (χ3v) is 4.78. The van der Waals surface area contributed by atoms with Crippen molar-refractivity contribution in [3.05, 3.63) is 82.9 Å². The Bertz CT molecular complexity index is 1090. The monoisotopic (exact) mass is 407 g/mol. The number of halogens is 1. The maximum absolute atomic E-state index is 12.9. The van der Waals surface area contributed by atoms with Gasteiger partial charge >= 0.3 is 6.03 Å². The van der Waals surface area contributed by atoms with E-state index in [0.717, 1.165) is 5.56 Å². The predicted molar refractivity (Wildman–Crippen MR) is 114 cm³/mol. The maximum Gasteiger partial charge on any atom is 0.323 e. The largest absolute Gasteiger partial charge is 0.472 e. The lowest BCUT2D eigenvalue weighted by molar-refractivity contribution is 0.0937. The van der Waals surface area contributed by atoms with Crippen LogP contribution in [0.1, 0.15) is 15.9 Å². The van der Waals surface area contributed by atoms with E-state index in [-0.39, 0.29) is 18.7 Å². The van der Waals surface area contributed by atoms with E-state index in [1.807, 2.05) is 31.2 Å². The van der Waals surface area contributed by atoms with E-state index in [2.05, 4.69) is 10.6 Å². The number of rotatable bonds is 3. The lowest BCUT2D eigenvalue weighted by Crippen LogP contribution is -2.39. The molecule has 3 aromatic carbocycles. The predicted octanol–water partition coefficient (Wildman–Crippen LogP) is 5.29. The number of hydrogen-bond donors (Lipinski definition) is 2. The van der Waals surface area contributed by atoms with E-state index in [1.54, 1.807) is 47.4 Å². The quantitative estimate of drug-likeness (QED) is 0.619. The van der Waals surface area contributed by atoms with Gasteiger partial charge < -0.3 is 15.4 Å². The lowest BCUT2D eigenvalue weighted by Gasteiger charge is -2.30. The van der Waals surface area contributed by atoms with Gasteiger partial charge in [-0.2, -0.15) is 0 Å². The molecule has 0 aliphatic carbocycles. The molecule has 1 aliphatic rings. The first-order valence-corrected chi connectivity index (χ1v) is 9.37. The number of hydrogen-bond acceptors (Lipinski definition) is 3. The number of nitrogens with one attached hydrogen (secondary N) is 2. The van der Waals surface area contributed by atoms with E-state index >= 15 is 0 Å². The Hall–Kier alpha value is -3.51. The minimum Gasteiger partial charge on any atom is -0.472 e. The molecule has 7 heteroatoms. The zero-order valence-electron chi connectivity index (χ0n) is 15.6. The topological polar surface area (TPSA) is 70.7 Å². The molecule has 1 heterocycles. The second kappa shape index (κ2) is 7.85. The number of carbonyl (C=O) groups is 2. The summed E-state index contributed by atoms with van der Waals surface area (Å²) in [6, 6.07) is 19.1. The van der Waals surface area contributed by atoms with Gasteiger partial charge in [-0.3, -0.25) is 9.69 Å². The van der Waals surface area contributed by atoms with Crippen molar-refractivity contribution in [3.8, 4) is 5.75 Å². The van der Waals surface area contributed by atoms with Gasteiger partial charge in [-0.25, -0.2) is 4.79 Å². The Morgan fingerprint density at radius 1 is 1.00 bits per heavy atom. The number of ether oxygens (including phenoxy) is 1. The second-order valence-corrected chi connectivity index (χ2v) is 7.03. The molecule has 29 heavy (non-hydrogen) atoms. The Balaban J connectivity index is 1.50. The van der Waals surface area contributed by atoms with Crippen LogP contribution in [0, 0.1) is 6.92 Å². The minimum atomic E-state index is -0.341. The van der Waals surface area contributed by atoms with Crippen LogP contribution in [0.4, 0.5) is 21.9 Å². The van der Waals surface area contributed by atoms with E-state index in [4.69, 9.17) is 16.3 Å². The molecule has 2 N–H and O–H groups in total. The smallest absolute Gasteiger partial charge is 0.323 e. The van der Waals surface area contributed by atoms with Crippen LogP contribution in [0.2, 0.25) is 5.02 Å². The second-order valence-electron chi connectivity index (χ2n) is 6.59. The molecule has 6 nitrogen and oxygen atoms in total. The third-order valence-electron chi connectivity index (χ3n) is 4.55.